The van der Waals surface area contributed by atoms with Gasteiger partial charge in [0.25, 0.3) is 5.69 Å². The van der Waals surface area contributed by atoms with E-state index in [4.69, 9.17) is 4.74 Å². The van der Waals surface area contributed by atoms with Gasteiger partial charge < -0.3 is 15.4 Å². The summed E-state index contributed by atoms with van der Waals surface area (Å²) >= 11 is 0. The minimum atomic E-state index is -0.790. The second-order valence-electron chi connectivity index (χ2n) is 5.70. The molecule has 9 nitrogen and oxygen atoms in total. The van der Waals surface area contributed by atoms with Gasteiger partial charge >= 0.3 is 0 Å². The van der Waals surface area contributed by atoms with E-state index < -0.39 is 22.7 Å². The van der Waals surface area contributed by atoms with Crippen molar-refractivity contribution >= 4 is 28.3 Å². The van der Waals surface area contributed by atoms with Gasteiger partial charge in [0.2, 0.25) is 5.91 Å². The number of nitrogens with zero attached hydrogens (tertiary/aromatic N) is 3. The van der Waals surface area contributed by atoms with Crippen molar-refractivity contribution in [2.24, 2.45) is 0 Å². The Labute approximate surface area is 142 Å². The highest BCUT2D eigenvalue weighted by atomic mass is 19.1. The van der Waals surface area contributed by atoms with Crippen LogP contribution in [0.2, 0.25) is 0 Å². The molecule has 1 fully saturated rings. The predicted octanol–water partition coefficient (Wildman–Crippen LogP) is 1.94. The molecule has 1 unspecified atom stereocenters. The third kappa shape index (κ3) is 3.44. The molecule has 1 aliphatic rings. The van der Waals surface area contributed by atoms with Gasteiger partial charge in [0.05, 0.1) is 23.0 Å². The number of halogens is 1. The molecule has 0 bridgehead atoms. The molecule has 0 aliphatic carbocycles. The van der Waals surface area contributed by atoms with E-state index in [1.165, 1.54) is 10.7 Å². The number of hydrogen-bond acceptors (Lipinski definition) is 6. The number of carbonyl (C=O) groups is 1. The number of nitrogens with one attached hydrogen (secondary N) is 2. The van der Waals surface area contributed by atoms with Crippen LogP contribution in [0.1, 0.15) is 26.0 Å². The summed E-state index contributed by atoms with van der Waals surface area (Å²) in [6.45, 7) is 3.36. The Hall–Kier alpha value is -2.59. The second kappa shape index (κ2) is 7.11. The van der Waals surface area contributed by atoms with Gasteiger partial charge in [-0.1, -0.05) is 6.92 Å². The fraction of sp³-hybridized carbons (Fsp3) is 0.467. The summed E-state index contributed by atoms with van der Waals surface area (Å²) in [7, 11) is 0. The predicted molar refractivity (Wildman–Crippen MR) is 87.7 cm³/mol. The molecule has 10 heteroatoms. The summed E-state index contributed by atoms with van der Waals surface area (Å²) in [6, 6.07) is 2.05. The van der Waals surface area contributed by atoms with E-state index >= 15 is 0 Å². The maximum Gasteiger partial charge on any atom is 0.273 e. The van der Waals surface area contributed by atoms with E-state index in [0.717, 1.165) is 6.07 Å². The number of aromatic nitrogens is 2. The van der Waals surface area contributed by atoms with Gasteiger partial charge in [-0.25, -0.2) is 9.07 Å². The lowest BCUT2D eigenvalue weighted by Crippen LogP contribution is -2.36. The summed E-state index contributed by atoms with van der Waals surface area (Å²) in [4.78, 5) is 22.3. The van der Waals surface area contributed by atoms with Gasteiger partial charge in [-0.3, -0.25) is 14.9 Å². The van der Waals surface area contributed by atoms with Crippen molar-refractivity contribution in [3.8, 4) is 0 Å². The number of nitro benzene ring substituents is 1. The molecule has 0 spiro atoms. The van der Waals surface area contributed by atoms with E-state index in [0.29, 0.717) is 26.1 Å². The Morgan fingerprint density at radius 1 is 1.60 bits per heavy atom. The lowest BCUT2D eigenvalue weighted by molar-refractivity contribution is -0.384. The Balaban J connectivity index is 2.12. The summed E-state index contributed by atoms with van der Waals surface area (Å²) in [6.07, 6.45) is 0.339. The number of ether oxygens (including phenoxy) is 1. The fourth-order valence-corrected chi connectivity index (χ4v) is 2.75. The zero-order valence-electron chi connectivity index (χ0n) is 13.6. The molecule has 2 heterocycles. The Morgan fingerprint density at radius 2 is 2.40 bits per heavy atom. The molecular formula is C15H18FN5O4. The molecule has 3 rings (SSSR count). The first kappa shape index (κ1) is 17.2. The molecule has 2 aromatic rings. The maximum atomic E-state index is 14.6. The summed E-state index contributed by atoms with van der Waals surface area (Å²) in [5, 5.41) is 21.2. The van der Waals surface area contributed by atoms with Crippen molar-refractivity contribution in [3.05, 3.63) is 28.1 Å². The number of benzene rings is 1. The molecule has 0 radical (unpaired) electrons. The second-order valence-corrected chi connectivity index (χ2v) is 5.70. The van der Waals surface area contributed by atoms with Crippen LogP contribution in [0.5, 0.6) is 0 Å². The van der Waals surface area contributed by atoms with Crippen LogP contribution in [0.3, 0.4) is 0 Å². The molecule has 1 saturated heterocycles. The van der Waals surface area contributed by atoms with Crippen LogP contribution >= 0.6 is 0 Å². The largest absolute Gasteiger partial charge is 0.354 e. The SMILES string of the molecule is CCCC(=O)Nc1nn(C2CNCCO2)c2c(F)cc([N+](=O)[O-])cc12. The highest BCUT2D eigenvalue weighted by Gasteiger charge is 2.26. The summed E-state index contributed by atoms with van der Waals surface area (Å²) in [5.41, 5.74) is -0.343. The van der Waals surface area contributed by atoms with Gasteiger partial charge in [0, 0.05) is 25.6 Å². The van der Waals surface area contributed by atoms with Crippen LogP contribution in [0.25, 0.3) is 10.9 Å². The number of hydrogen-bond donors (Lipinski definition) is 2. The zero-order chi connectivity index (χ0) is 18.0. The van der Waals surface area contributed by atoms with Crippen LogP contribution in [0.4, 0.5) is 15.9 Å². The van der Waals surface area contributed by atoms with Crippen molar-refractivity contribution in [2.45, 2.75) is 26.0 Å². The fourth-order valence-electron chi connectivity index (χ4n) is 2.75. The van der Waals surface area contributed by atoms with E-state index in [2.05, 4.69) is 15.7 Å². The molecule has 1 aliphatic heterocycles. The first-order valence-corrected chi connectivity index (χ1v) is 7.99. The molecule has 1 aromatic carbocycles. The Bertz CT molecular complexity index is 816. The third-order valence-electron chi connectivity index (χ3n) is 3.87. The average molecular weight is 351 g/mol. The zero-order valence-corrected chi connectivity index (χ0v) is 13.6. The number of amides is 1. The highest BCUT2D eigenvalue weighted by Crippen LogP contribution is 2.32. The Kier molecular flexibility index (Phi) is 4.91. The number of nitro groups is 1. The lowest BCUT2D eigenvalue weighted by Gasteiger charge is -2.24. The monoisotopic (exact) mass is 351 g/mol. The van der Waals surface area contributed by atoms with Crippen LogP contribution in [-0.2, 0) is 9.53 Å². The van der Waals surface area contributed by atoms with E-state index in [1.807, 2.05) is 6.92 Å². The number of fused-ring (bicyclic) bond motifs is 1. The first-order chi connectivity index (χ1) is 12.0. The smallest absolute Gasteiger partial charge is 0.273 e. The van der Waals surface area contributed by atoms with E-state index in [1.54, 1.807) is 0 Å². The van der Waals surface area contributed by atoms with E-state index in [-0.39, 0.29) is 29.0 Å². The molecule has 0 saturated carbocycles. The van der Waals surface area contributed by atoms with Gasteiger partial charge in [-0.05, 0) is 6.42 Å². The van der Waals surface area contributed by atoms with Gasteiger partial charge in [0.15, 0.2) is 17.9 Å². The third-order valence-corrected chi connectivity index (χ3v) is 3.87. The number of morpholine rings is 1. The summed E-state index contributed by atoms with van der Waals surface area (Å²) < 4.78 is 21.5. The molecule has 1 atom stereocenters. The average Bonchev–Trinajstić information content (AvgIpc) is 2.95. The van der Waals surface area contributed by atoms with Crippen molar-refractivity contribution in [2.75, 3.05) is 25.0 Å². The van der Waals surface area contributed by atoms with Crippen molar-refractivity contribution < 1.29 is 18.8 Å². The number of non-ortho nitro benzene ring substituents is 1. The molecule has 1 aromatic heterocycles. The minimum Gasteiger partial charge on any atom is -0.354 e. The quantitative estimate of drug-likeness (QED) is 0.629. The van der Waals surface area contributed by atoms with Crippen LogP contribution in [0, 0.1) is 15.9 Å². The molecule has 1 amide bonds. The lowest BCUT2D eigenvalue weighted by atomic mass is 10.2. The standard InChI is InChI=1S/C15H18FN5O4/c1-2-3-12(22)18-15-10-6-9(21(23)24)7-11(16)14(10)20(19-15)13-8-17-4-5-25-13/h6-7,13,17H,2-5,8H2,1H3,(H,18,19,22). The summed E-state index contributed by atoms with van der Waals surface area (Å²) in [5.74, 6) is -0.990. The van der Waals surface area contributed by atoms with Crippen molar-refractivity contribution in [1.82, 2.24) is 15.1 Å². The molecule has 25 heavy (non-hydrogen) atoms. The highest BCUT2D eigenvalue weighted by molar-refractivity contribution is 6.00. The van der Waals surface area contributed by atoms with Crippen LogP contribution in [-0.4, -0.2) is 40.3 Å². The van der Waals surface area contributed by atoms with Crippen molar-refractivity contribution in [1.29, 1.82) is 0 Å². The maximum absolute atomic E-state index is 14.6. The molecule has 134 valence electrons. The first-order valence-electron chi connectivity index (χ1n) is 7.99. The van der Waals surface area contributed by atoms with Gasteiger partial charge in [-0.15, -0.1) is 0 Å². The topological polar surface area (TPSA) is 111 Å². The van der Waals surface area contributed by atoms with Gasteiger partial charge in [0.1, 0.15) is 5.52 Å². The number of rotatable bonds is 5. The minimum absolute atomic E-state index is 0.0612. The normalized spacial score (nSPS) is 17.6. The van der Waals surface area contributed by atoms with Crippen molar-refractivity contribution in [3.63, 3.8) is 0 Å². The van der Waals surface area contributed by atoms with E-state index in [9.17, 15) is 19.3 Å². The van der Waals surface area contributed by atoms with Crippen LogP contribution in [0.15, 0.2) is 12.1 Å². The number of carbonyl (C=O) groups excluding carboxylic acids is 1. The Morgan fingerprint density at radius 3 is 3.04 bits per heavy atom. The number of anilines is 1. The molecule has 2 N–H and O–H groups in total. The van der Waals surface area contributed by atoms with Crippen LogP contribution < -0.4 is 10.6 Å². The molecular weight excluding hydrogens is 333 g/mol. The van der Waals surface area contributed by atoms with Gasteiger partial charge in [-0.2, -0.15) is 5.10 Å².